The number of nitrogens with two attached hydrogens (primary N) is 2. The highest BCUT2D eigenvalue weighted by molar-refractivity contribution is 5.98. The first-order valence-electron chi connectivity index (χ1n) is 10.1. The van der Waals surface area contributed by atoms with E-state index in [0.717, 1.165) is 43.1 Å². The second-order valence-electron chi connectivity index (χ2n) is 7.02. The number of benzene rings is 2. The molecule has 9 heteroatoms. The van der Waals surface area contributed by atoms with E-state index in [4.69, 9.17) is 16.3 Å². The van der Waals surface area contributed by atoms with Crippen LogP contribution < -0.4 is 21.3 Å². The molecule has 0 spiro atoms. The molecule has 31 heavy (non-hydrogen) atoms. The van der Waals surface area contributed by atoms with Crippen LogP contribution in [0, 0.1) is 0 Å². The Hall–Kier alpha value is -3.75. The fourth-order valence-electron chi connectivity index (χ4n) is 3.26. The van der Waals surface area contributed by atoms with E-state index >= 15 is 0 Å². The summed E-state index contributed by atoms with van der Waals surface area (Å²) in [6, 6.07) is 15.8. The van der Waals surface area contributed by atoms with E-state index in [1.165, 1.54) is 6.92 Å². The van der Waals surface area contributed by atoms with E-state index in [9.17, 15) is 4.79 Å². The minimum atomic E-state index is -0.505. The predicted molar refractivity (Wildman–Crippen MR) is 122 cm³/mol. The lowest BCUT2D eigenvalue weighted by Crippen LogP contribution is -2.46. The van der Waals surface area contributed by atoms with E-state index in [1.807, 2.05) is 43.3 Å². The van der Waals surface area contributed by atoms with Gasteiger partial charge < -0.3 is 30.9 Å². The molecule has 9 nitrogen and oxygen atoms in total. The molecule has 1 aliphatic rings. The fourth-order valence-corrected chi connectivity index (χ4v) is 3.26. The Balaban J connectivity index is 1.57. The van der Waals surface area contributed by atoms with Gasteiger partial charge in [-0.1, -0.05) is 10.3 Å². The van der Waals surface area contributed by atoms with Gasteiger partial charge in [-0.2, -0.15) is 0 Å². The summed E-state index contributed by atoms with van der Waals surface area (Å²) in [5.74, 6) is 0.0383. The first-order chi connectivity index (χ1) is 15.0. The molecule has 0 atom stereocenters. The van der Waals surface area contributed by atoms with Crippen LogP contribution >= 0.6 is 0 Å². The zero-order valence-corrected chi connectivity index (χ0v) is 17.8. The maximum Gasteiger partial charge on any atom is 0.332 e. The molecule has 164 valence electrons. The van der Waals surface area contributed by atoms with Crippen LogP contribution in [0.5, 0.6) is 0 Å². The summed E-state index contributed by atoms with van der Waals surface area (Å²) in [6.07, 6.45) is 0. The minimum Gasteiger partial charge on any atom is -0.394 e. The van der Waals surface area contributed by atoms with Gasteiger partial charge in [-0.3, -0.25) is 0 Å². The minimum absolute atomic E-state index is 0.168. The molecule has 1 saturated heterocycles. The number of rotatable bonds is 7. The summed E-state index contributed by atoms with van der Waals surface area (Å²) in [6.45, 7) is 7.22. The highest BCUT2D eigenvalue weighted by atomic mass is 16.7. The van der Waals surface area contributed by atoms with Crippen molar-refractivity contribution in [3.63, 3.8) is 0 Å². The van der Waals surface area contributed by atoms with Crippen molar-refractivity contribution in [3.05, 3.63) is 59.7 Å². The molecule has 0 aromatic heterocycles. The van der Waals surface area contributed by atoms with Gasteiger partial charge in [-0.25, -0.2) is 4.79 Å². The number of hydrogen-bond donors (Lipinski definition) is 2. The smallest absolute Gasteiger partial charge is 0.332 e. The van der Waals surface area contributed by atoms with Crippen molar-refractivity contribution in [1.82, 2.24) is 0 Å². The van der Waals surface area contributed by atoms with Gasteiger partial charge in [0.25, 0.3) is 0 Å². The number of carbonyl (C=O) groups is 1. The van der Waals surface area contributed by atoms with Crippen LogP contribution in [0.3, 0.4) is 0 Å². The molecule has 0 bridgehead atoms. The van der Waals surface area contributed by atoms with Crippen molar-refractivity contribution in [1.29, 1.82) is 0 Å². The van der Waals surface area contributed by atoms with E-state index < -0.39 is 5.97 Å². The molecule has 3 rings (SSSR count). The maximum atomic E-state index is 10.8. The lowest BCUT2D eigenvalue weighted by atomic mass is 10.1. The van der Waals surface area contributed by atoms with Crippen molar-refractivity contribution >= 4 is 29.0 Å². The quantitative estimate of drug-likeness (QED) is 0.301. The molecule has 0 aliphatic carbocycles. The Bertz CT molecular complexity index is 933. The third-order valence-corrected chi connectivity index (χ3v) is 4.90. The first kappa shape index (κ1) is 21.9. The average molecular weight is 425 g/mol. The van der Waals surface area contributed by atoms with Gasteiger partial charge in [0.1, 0.15) is 6.61 Å². The Kier molecular flexibility index (Phi) is 7.31. The van der Waals surface area contributed by atoms with Crippen LogP contribution in [0.2, 0.25) is 0 Å². The highest BCUT2D eigenvalue weighted by Crippen LogP contribution is 2.21. The van der Waals surface area contributed by atoms with Crippen LogP contribution in [-0.4, -0.2) is 50.4 Å². The maximum absolute atomic E-state index is 10.8. The molecule has 0 radical (unpaired) electrons. The second-order valence-corrected chi connectivity index (χ2v) is 7.02. The van der Waals surface area contributed by atoms with Crippen LogP contribution in [-0.2, 0) is 14.5 Å². The van der Waals surface area contributed by atoms with Crippen LogP contribution in [0.4, 0.5) is 11.4 Å². The van der Waals surface area contributed by atoms with Crippen molar-refractivity contribution in [3.8, 4) is 0 Å². The zero-order valence-electron chi connectivity index (χ0n) is 17.8. The molecule has 1 heterocycles. The second kappa shape index (κ2) is 10.3. The monoisotopic (exact) mass is 424 g/mol. The number of nitrogens with zero attached hydrogens (tertiary/aromatic N) is 4. The first-order valence-corrected chi connectivity index (χ1v) is 10.1. The van der Waals surface area contributed by atoms with Crippen molar-refractivity contribution in [2.75, 3.05) is 42.6 Å². The normalized spacial score (nSPS) is 15.0. The van der Waals surface area contributed by atoms with Crippen molar-refractivity contribution < 1.29 is 14.5 Å². The summed E-state index contributed by atoms with van der Waals surface area (Å²) in [4.78, 5) is 25.1. The van der Waals surface area contributed by atoms with Gasteiger partial charge in [0, 0.05) is 55.6 Å². The predicted octanol–water partition coefficient (Wildman–Crippen LogP) is 1.85. The van der Waals surface area contributed by atoms with E-state index in [0.29, 0.717) is 18.0 Å². The van der Waals surface area contributed by atoms with Crippen LogP contribution in [0.25, 0.3) is 0 Å². The molecule has 2 aromatic rings. The van der Waals surface area contributed by atoms with Gasteiger partial charge in [0.05, 0.1) is 0 Å². The van der Waals surface area contributed by atoms with Gasteiger partial charge in [-0.15, -0.1) is 0 Å². The number of hydrogen-bond acceptors (Lipinski definition) is 7. The summed E-state index contributed by atoms with van der Waals surface area (Å²) >= 11 is 0. The van der Waals surface area contributed by atoms with Crippen molar-refractivity contribution in [2.24, 2.45) is 21.8 Å². The summed E-state index contributed by atoms with van der Waals surface area (Å²) in [5.41, 5.74) is 15.6. The Morgan fingerprint density at radius 3 is 1.65 bits per heavy atom. The molecule has 2 aromatic carbocycles. The number of carbonyl (C=O) groups excluding carboxylic acids is 1. The highest BCUT2D eigenvalue weighted by Gasteiger charge is 2.18. The fraction of sp³-hybridized carbons (Fsp3) is 0.318. The molecule has 0 unspecified atom stereocenters. The number of anilines is 2. The standard InChI is InChI=1S/C22H28N6O3/c1-3-30-25-21(23)17-4-8-19(9-5-17)27-12-14-28(15-13-27)20-10-6-18(7-11-20)22(24)26-31-16(2)29/h4-11H,3,12-15H2,1-2H3,(H2,23,25)(H2,24,26). The molecular formula is C22H28N6O3. The van der Waals surface area contributed by atoms with E-state index in [1.54, 1.807) is 0 Å². The SMILES string of the molecule is CCO/N=C(\N)c1ccc(N2CCN(c3ccc(/C(N)=N/OC(C)=O)cc3)CC2)cc1. The third kappa shape index (κ3) is 5.88. The number of oxime groups is 2. The van der Waals surface area contributed by atoms with Crippen LogP contribution in [0.1, 0.15) is 25.0 Å². The Morgan fingerprint density at radius 2 is 1.26 bits per heavy atom. The van der Waals surface area contributed by atoms with Gasteiger partial charge in [0.2, 0.25) is 0 Å². The number of piperazine rings is 1. The lowest BCUT2D eigenvalue weighted by Gasteiger charge is -2.37. The summed E-state index contributed by atoms with van der Waals surface area (Å²) in [5, 5.41) is 7.48. The van der Waals surface area contributed by atoms with Gasteiger partial charge >= 0.3 is 5.97 Å². The largest absolute Gasteiger partial charge is 0.394 e. The number of amidine groups is 2. The molecule has 0 amide bonds. The Labute approximate surface area is 181 Å². The van der Waals surface area contributed by atoms with Crippen LogP contribution in [0.15, 0.2) is 58.8 Å². The molecule has 4 N–H and O–H groups in total. The summed E-state index contributed by atoms with van der Waals surface area (Å²) in [7, 11) is 0. The van der Waals surface area contributed by atoms with Gasteiger partial charge in [0.15, 0.2) is 11.7 Å². The zero-order chi connectivity index (χ0) is 22.2. The van der Waals surface area contributed by atoms with E-state index in [2.05, 4.69) is 37.1 Å². The average Bonchev–Trinajstić information content (AvgIpc) is 2.81. The molecule has 0 saturated carbocycles. The Morgan fingerprint density at radius 1 is 0.839 bits per heavy atom. The molecular weight excluding hydrogens is 396 g/mol. The van der Waals surface area contributed by atoms with E-state index in [-0.39, 0.29) is 5.84 Å². The topological polar surface area (TPSA) is 119 Å². The molecule has 1 aliphatic heterocycles. The summed E-state index contributed by atoms with van der Waals surface area (Å²) < 4.78 is 0. The molecule has 1 fully saturated rings. The van der Waals surface area contributed by atoms with Crippen molar-refractivity contribution in [2.45, 2.75) is 13.8 Å². The third-order valence-electron chi connectivity index (χ3n) is 4.90. The lowest BCUT2D eigenvalue weighted by molar-refractivity contribution is -0.140. The van der Waals surface area contributed by atoms with Gasteiger partial charge in [-0.05, 0) is 55.5 Å².